The second-order valence-corrected chi connectivity index (χ2v) is 12.8. The first-order valence-electron chi connectivity index (χ1n) is 15.6. The Labute approximate surface area is 280 Å². The Balaban J connectivity index is 1.37. The van der Waals surface area contributed by atoms with Gasteiger partial charge >= 0.3 is 12.1 Å². The number of carbonyl (C=O) groups excluding carboxylic acids is 3. The highest BCUT2D eigenvalue weighted by atomic mass is 16.5. The zero-order valence-electron chi connectivity index (χ0n) is 28.3. The SMILES string of the molecule is COC(=O)Nc1cc(C(C)(C)C)cc(NC(=O)Nc2ccc(Oc3ccnc(C(=O)N4CC[C@@H](N(C)C)C4)c3)c3ccccc23)c1OC. The maximum absolute atomic E-state index is 13.4. The maximum atomic E-state index is 13.4. The lowest BCUT2D eigenvalue weighted by Gasteiger charge is -2.24. The molecule has 0 bridgehead atoms. The summed E-state index contributed by atoms with van der Waals surface area (Å²) in [6.45, 7) is 7.41. The van der Waals surface area contributed by atoms with Crippen LogP contribution < -0.4 is 25.4 Å². The number of nitrogens with zero attached hydrogens (tertiary/aromatic N) is 3. The normalized spacial score (nSPS) is 14.5. The molecule has 1 aromatic heterocycles. The van der Waals surface area contributed by atoms with Gasteiger partial charge in [-0.2, -0.15) is 0 Å². The summed E-state index contributed by atoms with van der Waals surface area (Å²) < 4.78 is 16.6. The van der Waals surface area contributed by atoms with Gasteiger partial charge in [-0.15, -0.1) is 0 Å². The van der Waals surface area contributed by atoms with E-state index in [0.29, 0.717) is 53.4 Å². The molecule has 1 aliphatic rings. The molecule has 3 N–H and O–H groups in total. The molecule has 0 radical (unpaired) electrons. The van der Waals surface area contributed by atoms with E-state index in [1.54, 1.807) is 36.5 Å². The molecule has 5 rings (SSSR count). The van der Waals surface area contributed by atoms with Crippen LogP contribution in [0.15, 0.2) is 66.9 Å². The minimum absolute atomic E-state index is 0.127. The summed E-state index contributed by atoms with van der Waals surface area (Å²) in [5.74, 6) is 1.17. The number of urea groups is 1. The van der Waals surface area contributed by atoms with Gasteiger partial charge in [0.05, 0.1) is 31.3 Å². The molecule has 1 aliphatic heterocycles. The molecule has 12 heteroatoms. The maximum Gasteiger partial charge on any atom is 0.411 e. The van der Waals surface area contributed by atoms with Crippen LogP contribution in [0.4, 0.5) is 26.7 Å². The van der Waals surface area contributed by atoms with Gasteiger partial charge in [-0.25, -0.2) is 9.59 Å². The predicted molar refractivity (Wildman–Crippen MR) is 187 cm³/mol. The zero-order valence-corrected chi connectivity index (χ0v) is 28.3. The van der Waals surface area contributed by atoms with Crippen molar-refractivity contribution in [3.8, 4) is 17.2 Å². The third-order valence-electron chi connectivity index (χ3n) is 8.32. The number of rotatable bonds is 8. The van der Waals surface area contributed by atoms with Crippen LogP contribution in [0.1, 0.15) is 43.2 Å². The van der Waals surface area contributed by atoms with E-state index in [-0.39, 0.29) is 17.1 Å². The number of aromatic nitrogens is 1. The second kappa shape index (κ2) is 14.2. The van der Waals surface area contributed by atoms with E-state index in [0.717, 1.165) is 22.8 Å². The number of amides is 4. The zero-order chi connectivity index (χ0) is 34.6. The number of carbonyl (C=O) groups is 3. The van der Waals surface area contributed by atoms with E-state index in [1.807, 2.05) is 70.1 Å². The Morgan fingerprint density at radius 3 is 2.23 bits per heavy atom. The molecule has 48 heavy (non-hydrogen) atoms. The minimum Gasteiger partial charge on any atom is -0.492 e. The molecule has 3 aromatic carbocycles. The Morgan fingerprint density at radius 1 is 0.896 bits per heavy atom. The highest BCUT2D eigenvalue weighted by Crippen LogP contribution is 2.39. The number of pyridine rings is 1. The molecule has 4 amide bonds. The molecule has 0 saturated carbocycles. The summed E-state index contributed by atoms with van der Waals surface area (Å²) in [5.41, 5.74) is 2.15. The van der Waals surface area contributed by atoms with Crippen molar-refractivity contribution in [3.63, 3.8) is 0 Å². The van der Waals surface area contributed by atoms with Gasteiger partial charge in [0.25, 0.3) is 5.91 Å². The first-order valence-corrected chi connectivity index (χ1v) is 15.6. The number of likely N-dealkylation sites (tertiary alicyclic amines) is 1. The molecule has 252 valence electrons. The fourth-order valence-electron chi connectivity index (χ4n) is 5.60. The Hall–Kier alpha value is -5.36. The highest BCUT2D eigenvalue weighted by molar-refractivity contribution is 6.08. The topological polar surface area (TPSA) is 134 Å². The Bertz CT molecular complexity index is 1840. The largest absolute Gasteiger partial charge is 0.492 e. The Kier molecular flexibility index (Phi) is 10.0. The fourth-order valence-corrected chi connectivity index (χ4v) is 5.60. The lowest BCUT2D eigenvalue weighted by molar-refractivity contribution is 0.0777. The summed E-state index contributed by atoms with van der Waals surface area (Å²) in [5, 5.41) is 9.98. The van der Waals surface area contributed by atoms with Crippen molar-refractivity contribution in [2.75, 3.05) is 57.4 Å². The predicted octanol–water partition coefficient (Wildman–Crippen LogP) is 6.93. The van der Waals surface area contributed by atoms with Crippen molar-refractivity contribution in [3.05, 3.63) is 78.1 Å². The molecular weight excluding hydrogens is 612 g/mol. The van der Waals surface area contributed by atoms with Crippen LogP contribution in [0.5, 0.6) is 17.2 Å². The first kappa shape index (κ1) is 34.0. The summed E-state index contributed by atoms with van der Waals surface area (Å²) in [6, 6.07) is 17.8. The lowest BCUT2D eigenvalue weighted by Crippen LogP contribution is -2.34. The fraction of sp³-hybridized carbons (Fsp3) is 0.333. The smallest absolute Gasteiger partial charge is 0.411 e. The van der Waals surface area contributed by atoms with Gasteiger partial charge in [0, 0.05) is 42.2 Å². The summed E-state index contributed by atoms with van der Waals surface area (Å²) >= 11 is 0. The molecule has 1 fully saturated rings. The van der Waals surface area contributed by atoms with Crippen LogP contribution in [0.25, 0.3) is 10.8 Å². The van der Waals surface area contributed by atoms with E-state index in [1.165, 1.54) is 14.2 Å². The summed E-state index contributed by atoms with van der Waals surface area (Å²) in [7, 11) is 6.77. The number of ether oxygens (including phenoxy) is 3. The van der Waals surface area contributed by atoms with Gasteiger partial charge in [0.15, 0.2) is 5.75 Å². The van der Waals surface area contributed by atoms with Crippen LogP contribution in [-0.2, 0) is 10.2 Å². The monoisotopic (exact) mass is 654 g/mol. The first-order chi connectivity index (χ1) is 22.9. The van der Waals surface area contributed by atoms with Crippen molar-refractivity contribution >= 4 is 45.9 Å². The molecule has 4 aromatic rings. The molecule has 2 heterocycles. The van der Waals surface area contributed by atoms with E-state index in [9.17, 15) is 14.4 Å². The van der Waals surface area contributed by atoms with Gasteiger partial charge < -0.3 is 34.6 Å². The number of benzene rings is 3. The van der Waals surface area contributed by atoms with Crippen molar-refractivity contribution in [1.82, 2.24) is 14.8 Å². The van der Waals surface area contributed by atoms with Gasteiger partial charge in [-0.1, -0.05) is 45.0 Å². The second-order valence-electron chi connectivity index (χ2n) is 12.8. The average molecular weight is 655 g/mol. The Morgan fingerprint density at radius 2 is 1.58 bits per heavy atom. The van der Waals surface area contributed by atoms with Gasteiger partial charge in [-0.3, -0.25) is 15.1 Å². The van der Waals surface area contributed by atoms with Crippen LogP contribution in [0.2, 0.25) is 0 Å². The van der Waals surface area contributed by atoms with E-state index in [4.69, 9.17) is 14.2 Å². The number of likely N-dealkylation sites (N-methyl/N-ethyl adjacent to an activating group) is 1. The van der Waals surface area contributed by atoms with Crippen molar-refractivity contribution in [2.24, 2.45) is 0 Å². The van der Waals surface area contributed by atoms with Crippen LogP contribution in [0, 0.1) is 0 Å². The van der Waals surface area contributed by atoms with E-state index < -0.39 is 12.1 Å². The number of hydrogen-bond acceptors (Lipinski definition) is 8. The van der Waals surface area contributed by atoms with Crippen molar-refractivity contribution < 1.29 is 28.6 Å². The number of nitrogens with one attached hydrogen (secondary N) is 3. The van der Waals surface area contributed by atoms with Gasteiger partial charge in [0.1, 0.15) is 17.2 Å². The van der Waals surface area contributed by atoms with Crippen LogP contribution >= 0.6 is 0 Å². The number of fused-ring (bicyclic) bond motifs is 1. The minimum atomic E-state index is -0.664. The van der Waals surface area contributed by atoms with Crippen molar-refractivity contribution in [2.45, 2.75) is 38.6 Å². The number of anilines is 3. The molecule has 1 saturated heterocycles. The average Bonchev–Trinajstić information content (AvgIpc) is 3.56. The number of hydrogen-bond donors (Lipinski definition) is 3. The molecule has 0 unspecified atom stereocenters. The van der Waals surface area contributed by atoms with Gasteiger partial charge in [0.2, 0.25) is 0 Å². The molecule has 0 spiro atoms. The molecule has 0 aliphatic carbocycles. The van der Waals surface area contributed by atoms with Gasteiger partial charge in [-0.05, 0) is 61.8 Å². The quantitative estimate of drug-likeness (QED) is 0.186. The summed E-state index contributed by atoms with van der Waals surface area (Å²) in [4.78, 5) is 47.0. The summed E-state index contributed by atoms with van der Waals surface area (Å²) in [6.07, 6.45) is 1.83. The van der Waals surface area contributed by atoms with E-state index >= 15 is 0 Å². The third kappa shape index (κ3) is 7.60. The third-order valence-corrected chi connectivity index (χ3v) is 8.32. The molecule has 1 atom stereocenters. The number of methoxy groups -OCH3 is 2. The molecule has 12 nitrogen and oxygen atoms in total. The molecular formula is C36H42N6O6. The van der Waals surface area contributed by atoms with E-state index in [2.05, 4.69) is 25.8 Å². The van der Waals surface area contributed by atoms with Crippen LogP contribution in [-0.4, -0.2) is 80.3 Å². The lowest BCUT2D eigenvalue weighted by atomic mass is 9.86. The highest BCUT2D eigenvalue weighted by Gasteiger charge is 2.29. The standard InChI is InChI=1S/C36H42N6O6/c1-36(2,3)22-18-28(32(46-6)29(19-22)40-35(45)47-7)39-34(44)38-27-12-13-31(26-11-9-8-10-25(26)27)48-24-14-16-37-30(20-24)33(43)42-17-15-23(21-42)41(4)5/h8-14,16,18-20,23H,15,17,21H2,1-7H3,(H,40,45)(H2,38,39,44)/t23-/m1/s1. The van der Waals surface area contributed by atoms with Crippen LogP contribution in [0.3, 0.4) is 0 Å². The van der Waals surface area contributed by atoms with Crippen molar-refractivity contribution in [1.29, 1.82) is 0 Å².